The molecule has 1 N–H and O–H groups in total. The maximum Gasteiger partial charge on any atom is 0.254 e. The van der Waals surface area contributed by atoms with E-state index in [1.807, 2.05) is 4.90 Å². The van der Waals surface area contributed by atoms with Crippen LogP contribution in [0.4, 0.5) is 0 Å². The van der Waals surface area contributed by atoms with Gasteiger partial charge in [0.1, 0.15) is 5.82 Å². The van der Waals surface area contributed by atoms with Crippen LogP contribution < -0.4 is 5.56 Å². The number of rotatable bonds is 3. The molecule has 2 bridgehead atoms. The van der Waals surface area contributed by atoms with Crippen molar-refractivity contribution in [1.29, 1.82) is 0 Å². The number of carbonyl (C=O) groups excluding carboxylic acids is 1. The molecule has 2 saturated carbocycles. The first kappa shape index (κ1) is 19.7. The summed E-state index contributed by atoms with van der Waals surface area (Å²) < 4.78 is 25.3. The molecule has 3 fully saturated rings. The predicted molar refractivity (Wildman–Crippen MR) is 113 cm³/mol. The average Bonchev–Trinajstić information content (AvgIpc) is 3.12. The van der Waals surface area contributed by atoms with E-state index in [1.165, 1.54) is 23.4 Å². The van der Waals surface area contributed by atoms with Crippen LogP contribution in [0.25, 0.3) is 0 Å². The molecule has 2 aliphatic heterocycles. The summed E-state index contributed by atoms with van der Waals surface area (Å²) in [5.74, 6) is 1.66. The summed E-state index contributed by atoms with van der Waals surface area (Å²) in [4.78, 5) is 35.9. The van der Waals surface area contributed by atoms with Crippen molar-refractivity contribution in [2.24, 2.45) is 23.2 Å². The molecule has 0 aromatic carbocycles. The third-order valence-corrected chi connectivity index (χ3v) is 9.67. The Morgan fingerprint density at radius 2 is 2.06 bits per heavy atom. The Morgan fingerprint density at radius 3 is 2.77 bits per heavy atom. The fourth-order valence-electron chi connectivity index (χ4n) is 6.66. The van der Waals surface area contributed by atoms with Crippen molar-refractivity contribution < 1.29 is 13.2 Å². The second-order valence-electron chi connectivity index (χ2n) is 10.0. The first-order valence-corrected chi connectivity index (χ1v) is 13.2. The number of nitrogens with zero attached hydrogens (tertiary/aromatic N) is 3. The molecular weight excluding hydrogens is 416 g/mol. The zero-order chi connectivity index (χ0) is 21.5. The lowest BCUT2D eigenvalue weighted by Gasteiger charge is -2.31. The highest BCUT2D eigenvalue weighted by molar-refractivity contribution is 7.88. The van der Waals surface area contributed by atoms with E-state index in [4.69, 9.17) is 4.98 Å². The summed E-state index contributed by atoms with van der Waals surface area (Å²) >= 11 is 0. The Bertz CT molecular complexity index is 1150. The van der Waals surface area contributed by atoms with Gasteiger partial charge in [-0.15, -0.1) is 0 Å². The smallest absolute Gasteiger partial charge is 0.254 e. The summed E-state index contributed by atoms with van der Waals surface area (Å²) in [5, 5.41) is 0. The minimum absolute atomic E-state index is 0.0446. The second kappa shape index (κ2) is 6.51. The van der Waals surface area contributed by atoms with Gasteiger partial charge in [-0.3, -0.25) is 9.59 Å². The standard InChI is InChI=1S/C22H28N4O4S/c1-31(29,30)25-10-6-14-17(12-25)23-19(24-20(14)27)18-3-2-9-26(18)21(28)15-11-13-4-5-16(15)22(13)7-8-22/h4-5,13,15-16,18H,2-3,6-12H2,1H3,(H,23,24,27)/t13-,15+,16-,18+/m0/s1. The van der Waals surface area contributed by atoms with E-state index in [-0.39, 0.29) is 30.0 Å². The van der Waals surface area contributed by atoms with Crippen LogP contribution in [0.3, 0.4) is 0 Å². The van der Waals surface area contributed by atoms with Crippen LogP contribution in [-0.4, -0.2) is 52.8 Å². The number of likely N-dealkylation sites (tertiary alicyclic amines) is 1. The van der Waals surface area contributed by atoms with Gasteiger partial charge in [-0.2, -0.15) is 4.31 Å². The molecule has 31 heavy (non-hydrogen) atoms. The number of fused-ring (bicyclic) bond motifs is 1. The number of allylic oxidation sites excluding steroid dienone is 2. The Kier molecular flexibility index (Phi) is 4.13. The average molecular weight is 445 g/mol. The van der Waals surface area contributed by atoms with Gasteiger partial charge in [0, 0.05) is 24.6 Å². The third-order valence-electron chi connectivity index (χ3n) is 8.42. The quantitative estimate of drug-likeness (QED) is 0.709. The van der Waals surface area contributed by atoms with Crippen molar-refractivity contribution in [2.45, 2.75) is 51.1 Å². The van der Waals surface area contributed by atoms with E-state index < -0.39 is 10.0 Å². The van der Waals surface area contributed by atoms with Crippen LogP contribution in [0.2, 0.25) is 0 Å². The van der Waals surface area contributed by atoms with Crippen LogP contribution in [0.1, 0.15) is 55.2 Å². The molecular formula is C22H28N4O4S. The number of aromatic nitrogens is 2. The van der Waals surface area contributed by atoms with Gasteiger partial charge in [0.15, 0.2) is 0 Å². The minimum Gasteiger partial charge on any atom is -0.332 e. The predicted octanol–water partition coefficient (Wildman–Crippen LogP) is 1.35. The molecule has 1 amide bonds. The molecule has 1 aromatic heterocycles. The molecule has 3 heterocycles. The van der Waals surface area contributed by atoms with Crippen molar-refractivity contribution in [3.05, 3.63) is 39.6 Å². The number of sulfonamides is 1. The van der Waals surface area contributed by atoms with Crippen LogP contribution in [0, 0.1) is 23.2 Å². The van der Waals surface area contributed by atoms with Gasteiger partial charge in [-0.05, 0) is 55.8 Å². The molecule has 3 aliphatic carbocycles. The Labute approximate surface area is 181 Å². The first-order valence-electron chi connectivity index (χ1n) is 11.3. The maximum atomic E-state index is 13.6. The van der Waals surface area contributed by atoms with E-state index >= 15 is 0 Å². The monoisotopic (exact) mass is 444 g/mol. The highest BCUT2D eigenvalue weighted by Crippen LogP contribution is 2.70. The van der Waals surface area contributed by atoms with Crippen molar-refractivity contribution in [3.63, 3.8) is 0 Å². The Balaban J connectivity index is 1.29. The topological polar surface area (TPSA) is 103 Å². The number of aromatic amines is 1. The van der Waals surface area contributed by atoms with Crippen LogP contribution in [-0.2, 0) is 27.8 Å². The van der Waals surface area contributed by atoms with Crippen LogP contribution in [0.15, 0.2) is 16.9 Å². The van der Waals surface area contributed by atoms with Crippen molar-refractivity contribution >= 4 is 15.9 Å². The highest BCUT2D eigenvalue weighted by Gasteiger charge is 2.64. The van der Waals surface area contributed by atoms with Gasteiger partial charge in [0.05, 0.1) is 24.5 Å². The number of nitrogens with one attached hydrogen (secondary N) is 1. The first-order chi connectivity index (χ1) is 14.8. The van der Waals surface area contributed by atoms with Gasteiger partial charge in [0.25, 0.3) is 5.56 Å². The number of H-pyrrole nitrogens is 1. The fourth-order valence-corrected chi connectivity index (χ4v) is 7.44. The molecule has 5 aliphatic rings. The van der Waals surface area contributed by atoms with Gasteiger partial charge in [-0.1, -0.05) is 12.2 Å². The summed E-state index contributed by atoms with van der Waals surface area (Å²) in [6.07, 6.45) is 11.2. The van der Waals surface area contributed by atoms with Gasteiger partial charge in [-0.25, -0.2) is 13.4 Å². The van der Waals surface area contributed by atoms with E-state index in [0.29, 0.717) is 53.8 Å². The van der Waals surface area contributed by atoms with E-state index in [1.54, 1.807) is 0 Å². The van der Waals surface area contributed by atoms with Crippen LogP contribution in [0.5, 0.6) is 0 Å². The van der Waals surface area contributed by atoms with E-state index in [0.717, 1.165) is 19.3 Å². The number of carbonyl (C=O) groups is 1. The molecule has 1 saturated heterocycles. The lowest BCUT2D eigenvalue weighted by Crippen LogP contribution is -2.41. The van der Waals surface area contributed by atoms with Gasteiger partial charge >= 0.3 is 0 Å². The Hall–Kier alpha value is -2.00. The third kappa shape index (κ3) is 2.88. The van der Waals surface area contributed by atoms with Crippen molar-refractivity contribution in [1.82, 2.24) is 19.2 Å². The largest absolute Gasteiger partial charge is 0.332 e. The van der Waals surface area contributed by atoms with Crippen molar-refractivity contribution in [3.8, 4) is 0 Å². The molecule has 9 heteroatoms. The van der Waals surface area contributed by atoms with Crippen molar-refractivity contribution in [2.75, 3.05) is 19.3 Å². The number of hydrogen-bond acceptors (Lipinski definition) is 5. The Morgan fingerprint density at radius 1 is 1.26 bits per heavy atom. The summed E-state index contributed by atoms with van der Waals surface area (Å²) in [5.41, 5.74) is 1.25. The molecule has 4 atom stereocenters. The molecule has 8 nitrogen and oxygen atoms in total. The van der Waals surface area contributed by atoms with Crippen LogP contribution >= 0.6 is 0 Å². The van der Waals surface area contributed by atoms with E-state index in [9.17, 15) is 18.0 Å². The molecule has 6 rings (SSSR count). The zero-order valence-electron chi connectivity index (χ0n) is 17.7. The second-order valence-corrected chi connectivity index (χ2v) is 12.0. The molecule has 1 aromatic rings. The van der Waals surface area contributed by atoms with Gasteiger partial charge < -0.3 is 9.88 Å². The zero-order valence-corrected chi connectivity index (χ0v) is 18.5. The number of hydrogen-bond donors (Lipinski definition) is 1. The summed E-state index contributed by atoms with van der Waals surface area (Å²) in [6.45, 7) is 1.10. The minimum atomic E-state index is -3.35. The van der Waals surface area contributed by atoms with E-state index in [2.05, 4.69) is 17.1 Å². The van der Waals surface area contributed by atoms with Gasteiger partial charge in [0.2, 0.25) is 15.9 Å². The lowest BCUT2D eigenvalue weighted by molar-refractivity contribution is -0.137. The molecule has 0 radical (unpaired) electrons. The molecule has 0 unspecified atom stereocenters. The summed E-state index contributed by atoms with van der Waals surface area (Å²) in [7, 11) is -3.35. The normalized spacial score (nSPS) is 33.3. The molecule has 166 valence electrons. The maximum absolute atomic E-state index is 13.6. The molecule has 1 spiro atoms. The fraction of sp³-hybridized carbons (Fsp3) is 0.682. The SMILES string of the molecule is CS(=O)(=O)N1CCc2c(nc([C@H]3CCCN3C(=O)[C@@H]3C[C@@H]4C=C[C@@H]3C43CC3)[nH]c2=O)C1. The lowest BCUT2D eigenvalue weighted by atomic mass is 9.88. The summed E-state index contributed by atoms with van der Waals surface area (Å²) in [6, 6.07) is -0.239. The highest BCUT2D eigenvalue weighted by atomic mass is 32.2. The number of amides is 1.